The lowest BCUT2D eigenvalue weighted by molar-refractivity contribution is 0.144. The summed E-state index contributed by atoms with van der Waals surface area (Å²) in [6.07, 6.45) is 1.43. The van der Waals surface area contributed by atoms with E-state index in [0.717, 1.165) is 5.69 Å². The molecule has 0 aromatic carbocycles. The van der Waals surface area contributed by atoms with E-state index in [1.165, 1.54) is 16.9 Å². The van der Waals surface area contributed by atoms with E-state index >= 15 is 0 Å². The molecule has 0 aliphatic carbocycles. The lowest BCUT2D eigenvalue weighted by atomic mass is 10.5. The average Bonchev–Trinajstić information content (AvgIpc) is 2.42. The highest BCUT2D eigenvalue weighted by molar-refractivity contribution is 5.60. The van der Waals surface area contributed by atoms with Crippen LogP contribution in [0.3, 0.4) is 0 Å². The van der Waals surface area contributed by atoms with Crippen LogP contribution in [0.1, 0.15) is 5.69 Å². The molecule has 14 heavy (non-hydrogen) atoms. The maximum Gasteiger partial charge on any atom is 0.511 e. The number of fused-ring (bicyclic) bond motifs is 1. The van der Waals surface area contributed by atoms with Gasteiger partial charge in [-0.25, -0.2) is 14.3 Å². The summed E-state index contributed by atoms with van der Waals surface area (Å²) in [5, 5.41) is 12.4. The van der Waals surface area contributed by atoms with E-state index in [1.807, 2.05) is 6.92 Å². The molecule has 0 amide bonds. The Balaban J connectivity index is 2.45. The first-order valence-corrected chi connectivity index (χ1v) is 3.88. The number of carboxylic acid groups (broad SMARTS) is 1. The fourth-order valence-electron chi connectivity index (χ4n) is 1.13. The third-order valence-corrected chi connectivity index (χ3v) is 1.62. The number of rotatable bonds is 1. The summed E-state index contributed by atoms with van der Waals surface area (Å²) in [4.78, 5) is 14.2. The van der Waals surface area contributed by atoms with Gasteiger partial charge in [-0.05, 0) is 6.92 Å². The SMILES string of the molecule is Cc1cc2ncc(OC(=O)O)cn2n1. The predicted octanol–water partition coefficient (Wildman–Crippen LogP) is 1.09. The molecule has 0 radical (unpaired) electrons. The molecule has 0 bridgehead atoms. The van der Waals surface area contributed by atoms with Crippen LogP contribution < -0.4 is 4.74 Å². The summed E-state index contributed by atoms with van der Waals surface area (Å²) in [7, 11) is 0. The fourth-order valence-corrected chi connectivity index (χ4v) is 1.13. The van der Waals surface area contributed by atoms with E-state index in [9.17, 15) is 4.79 Å². The van der Waals surface area contributed by atoms with E-state index in [-0.39, 0.29) is 5.75 Å². The molecule has 0 saturated heterocycles. The Kier molecular flexibility index (Phi) is 1.81. The Bertz CT molecular complexity index is 492. The number of nitrogens with zero attached hydrogens (tertiary/aromatic N) is 3. The number of ether oxygens (including phenoxy) is 1. The van der Waals surface area contributed by atoms with Gasteiger partial charge in [0.2, 0.25) is 0 Å². The molecule has 0 unspecified atom stereocenters. The highest BCUT2D eigenvalue weighted by atomic mass is 16.7. The fraction of sp³-hybridized carbons (Fsp3) is 0.125. The molecule has 2 aromatic heterocycles. The highest BCUT2D eigenvalue weighted by Crippen LogP contribution is 2.10. The van der Waals surface area contributed by atoms with Gasteiger partial charge in [-0.15, -0.1) is 0 Å². The molecule has 2 heterocycles. The van der Waals surface area contributed by atoms with Crippen LogP contribution in [0, 0.1) is 6.92 Å². The Hall–Kier alpha value is -2.11. The van der Waals surface area contributed by atoms with Gasteiger partial charge in [0.25, 0.3) is 0 Å². The van der Waals surface area contributed by atoms with Gasteiger partial charge in [-0.1, -0.05) is 0 Å². The third-order valence-electron chi connectivity index (χ3n) is 1.62. The smallest absolute Gasteiger partial charge is 0.449 e. The van der Waals surface area contributed by atoms with E-state index in [4.69, 9.17) is 5.11 Å². The summed E-state index contributed by atoms with van der Waals surface area (Å²) in [6, 6.07) is 1.78. The van der Waals surface area contributed by atoms with Crippen LogP contribution in [-0.2, 0) is 0 Å². The van der Waals surface area contributed by atoms with Crippen molar-refractivity contribution in [3.63, 3.8) is 0 Å². The van der Waals surface area contributed by atoms with Gasteiger partial charge in [-0.3, -0.25) is 0 Å². The van der Waals surface area contributed by atoms with Gasteiger partial charge in [0, 0.05) is 6.07 Å². The first-order valence-electron chi connectivity index (χ1n) is 3.88. The molecule has 0 atom stereocenters. The molecule has 6 nitrogen and oxygen atoms in total. The van der Waals surface area contributed by atoms with Crippen LogP contribution in [0.5, 0.6) is 5.75 Å². The summed E-state index contributed by atoms with van der Waals surface area (Å²) >= 11 is 0. The van der Waals surface area contributed by atoms with Crippen LogP contribution in [0.2, 0.25) is 0 Å². The second-order valence-corrected chi connectivity index (χ2v) is 2.75. The van der Waals surface area contributed by atoms with Gasteiger partial charge in [0.05, 0.1) is 18.1 Å². The van der Waals surface area contributed by atoms with Gasteiger partial charge in [0.15, 0.2) is 11.4 Å². The minimum Gasteiger partial charge on any atom is -0.449 e. The summed E-state index contributed by atoms with van der Waals surface area (Å²) in [5.41, 5.74) is 1.46. The van der Waals surface area contributed by atoms with Gasteiger partial charge in [0.1, 0.15) is 0 Å². The number of hydrogen-bond acceptors (Lipinski definition) is 4. The molecule has 0 spiro atoms. The van der Waals surface area contributed by atoms with Crippen molar-refractivity contribution in [1.29, 1.82) is 0 Å². The van der Waals surface area contributed by atoms with Gasteiger partial charge in [-0.2, -0.15) is 5.10 Å². The third kappa shape index (κ3) is 1.49. The van der Waals surface area contributed by atoms with Gasteiger partial charge < -0.3 is 9.84 Å². The maximum atomic E-state index is 10.2. The number of aromatic nitrogens is 3. The lowest BCUT2D eigenvalue weighted by Crippen LogP contribution is -2.04. The average molecular weight is 193 g/mol. The first kappa shape index (κ1) is 8.49. The molecule has 1 N–H and O–H groups in total. The van der Waals surface area contributed by atoms with Crippen LogP contribution >= 0.6 is 0 Å². The summed E-state index contributed by atoms with van der Waals surface area (Å²) < 4.78 is 5.89. The second-order valence-electron chi connectivity index (χ2n) is 2.75. The minimum absolute atomic E-state index is 0.146. The Morgan fingerprint density at radius 3 is 3.14 bits per heavy atom. The van der Waals surface area contributed by atoms with Crippen LogP contribution in [0.4, 0.5) is 4.79 Å². The Morgan fingerprint density at radius 2 is 2.43 bits per heavy atom. The molecular formula is C8H7N3O3. The first-order chi connectivity index (χ1) is 6.65. The molecule has 2 rings (SSSR count). The van der Waals surface area contributed by atoms with E-state index in [1.54, 1.807) is 6.07 Å². The topological polar surface area (TPSA) is 76.7 Å². The Labute approximate surface area is 78.8 Å². The zero-order valence-electron chi connectivity index (χ0n) is 7.34. The normalized spacial score (nSPS) is 10.4. The van der Waals surface area contributed by atoms with Crippen LogP contribution in [0.25, 0.3) is 5.65 Å². The molecule has 2 aromatic rings. The van der Waals surface area contributed by atoms with E-state index < -0.39 is 6.16 Å². The molecule has 0 aliphatic rings. The Morgan fingerprint density at radius 1 is 1.64 bits per heavy atom. The van der Waals surface area contributed by atoms with Crippen LogP contribution in [0.15, 0.2) is 18.5 Å². The molecule has 72 valence electrons. The van der Waals surface area contributed by atoms with Gasteiger partial charge >= 0.3 is 6.16 Å². The largest absolute Gasteiger partial charge is 0.511 e. The molecule has 0 saturated carbocycles. The molecular weight excluding hydrogens is 186 g/mol. The number of hydrogen-bond donors (Lipinski definition) is 1. The second kappa shape index (κ2) is 2.99. The number of carbonyl (C=O) groups is 1. The van der Waals surface area contributed by atoms with Crippen molar-refractivity contribution in [2.24, 2.45) is 0 Å². The predicted molar refractivity (Wildman–Crippen MR) is 46.4 cm³/mol. The maximum absolute atomic E-state index is 10.2. The summed E-state index contributed by atoms with van der Waals surface area (Å²) in [5.74, 6) is 0.146. The van der Waals surface area contributed by atoms with Crippen molar-refractivity contribution in [2.45, 2.75) is 6.92 Å². The minimum atomic E-state index is -1.37. The lowest BCUT2D eigenvalue weighted by Gasteiger charge is -1.98. The van der Waals surface area contributed by atoms with Crippen LogP contribution in [-0.4, -0.2) is 25.9 Å². The molecule has 0 fully saturated rings. The van der Waals surface area contributed by atoms with E-state index in [2.05, 4.69) is 14.8 Å². The van der Waals surface area contributed by atoms with Crippen molar-refractivity contribution in [3.8, 4) is 5.75 Å². The summed E-state index contributed by atoms with van der Waals surface area (Å²) in [6.45, 7) is 1.83. The zero-order chi connectivity index (χ0) is 10.1. The quantitative estimate of drug-likeness (QED) is 0.686. The number of aryl methyl sites for hydroxylation is 1. The standard InChI is InChI=1S/C8H7N3O3/c1-5-2-7-9-3-6(14-8(12)13)4-11(7)10-5/h2-4H,1H3,(H,12,13). The monoisotopic (exact) mass is 193 g/mol. The van der Waals surface area contributed by atoms with Crippen molar-refractivity contribution in [1.82, 2.24) is 14.6 Å². The highest BCUT2D eigenvalue weighted by Gasteiger charge is 2.04. The van der Waals surface area contributed by atoms with Crippen molar-refractivity contribution in [3.05, 3.63) is 24.2 Å². The molecule has 6 heteroatoms. The van der Waals surface area contributed by atoms with Crippen molar-refractivity contribution >= 4 is 11.8 Å². The molecule has 0 aliphatic heterocycles. The zero-order valence-corrected chi connectivity index (χ0v) is 7.34. The van der Waals surface area contributed by atoms with Crippen molar-refractivity contribution < 1.29 is 14.6 Å². The van der Waals surface area contributed by atoms with Crippen molar-refractivity contribution in [2.75, 3.05) is 0 Å². The van der Waals surface area contributed by atoms with E-state index in [0.29, 0.717) is 5.65 Å².